The normalized spacial score (nSPS) is 32.0. The Kier molecular flexibility index (Phi) is 2.24. The lowest BCUT2D eigenvalue weighted by Gasteiger charge is -2.17. The fourth-order valence-corrected chi connectivity index (χ4v) is 3.77. The Morgan fingerprint density at radius 1 is 1.29 bits per heavy atom. The second-order valence-corrected chi connectivity index (χ2v) is 4.99. The van der Waals surface area contributed by atoms with Gasteiger partial charge in [-0.25, -0.2) is 0 Å². The number of hydrogen-bond acceptors (Lipinski definition) is 3. The van der Waals surface area contributed by atoms with Crippen molar-refractivity contribution in [3.8, 4) is 0 Å². The molecule has 2 heterocycles. The first kappa shape index (κ1) is 8.77. The van der Waals surface area contributed by atoms with Crippen LogP contribution >= 0.6 is 11.8 Å². The van der Waals surface area contributed by atoms with Crippen molar-refractivity contribution in [2.24, 2.45) is 0 Å². The van der Waals surface area contributed by atoms with E-state index in [2.05, 4.69) is 52.3 Å². The second-order valence-electron chi connectivity index (χ2n) is 3.90. The van der Waals surface area contributed by atoms with Crippen LogP contribution in [0.25, 0.3) is 0 Å². The van der Waals surface area contributed by atoms with Crippen LogP contribution in [0.2, 0.25) is 0 Å². The minimum atomic E-state index is 0.672. The maximum Gasteiger partial charge on any atom is 0.0492 e. The summed E-state index contributed by atoms with van der Waals surface area (Å²) in [4.78, 5) is 2.53. The van der Waals surface area contributed by atoms with Crippen LogP contribution in [0.4, 0.5) is 0 Å². The first-order valence-corrected chi connectivity index (χ1v) is 6.11. The van der Waals surface area contributed by atoms with Crippen LogP contribution in [-0.4, -0.2) is 30.0 Å². The summed E-state index contributed by atoms with van der Waals surface area (Å²) in [5, 5.41) is 4.11. The molecular formula is C11H14N2S. The van der Waals surface area contributed by atoms with Gasteiger partial charge in [0.1, 0.15) is 0 Å². The minimum absolute atomic E-state index is 0.672. The highest BCUT2D eigenvalue weighted by atomic mass is 32.2. The fraction of sp³-hybridized carbons (Fsp3) is 0.455. The Hall–Kier alpha value is -0.510. The number of thioether (sulfide) groups is 1. The third kappa shape index (κ3) is 1.36. The maximum absolute atomic E-state index is 3.44. The van der Waals surface area contributed by atoms with E-state index >= 15 is 0 Å². The zero-order valence-electron chi connectivity index (χ0n) is 8.02. The highest BCUT2D eigenvalue weighted by molar-refractivity contribution is 7.99. The number of nitrogens with zero attached hydrogens (tertiary/aromatic N) is 1. The van der Waals surface area contributed by atoms with Gasteiger partial charge in [0.05, 0.1) is 0 Å². The number of rotatable bonds is 1. The standard InChI is InChI=1S/C11H14N2S/c1-2-4-9(5-3-1)11-10-6-12-7-13(10)8-14-11/h1-5,10-12H,6-8H2. The van der Waals surface area contributed by atoms with Gasteiger partial charge in [-0.2, -0.15) is 0 Å². The summed E-state index contributed by atoms with van der Waals surface area (Å²) in [5.41, 5.74) is 1.48. The van der Waals surface area contributed by atoms with Crippen LogP contribution in [0.5, 0.6) is 0 Å². The van der Waals surface area contributed by atoms with Crippen molar-refractivity contribution < 1.29 is 0 Å². The van der Waals surface area contributed by atoms with Crippen molar-refractivity contribution >= 4 is 11.8 Å². The van der Waals surface area contributed by atoms with Crippen LogP contribution in [0, 0.1) is 0 Å². The van der Waals surface area contributed by atoms with E-state index in [1.807, 2.05) is 0 Å². The molecule has 74 valence electrons. The predicted molar refractivity (Wildman–Crippen MR) is 60.1 cm³/mol. The lowest BCUT2D eigenvalue weighted by Crippen LogP contribution is -2.26. The topological polar surface area (TPSA) is 15.3 Å². The average molecular weight is 206 g/mol. The number of nitrogens with one attached hydrogen (secondary N) is 1. The van der Waals surface area contributed by atoms with E-state index < -0.39 is 0 Å². The van der Waals surface area contributed by atoms with E-state index in [0.29, 0.717) is 11.3 Å². The van der Waals surface area contributed by atoms with Gasteiger partial charge >= 0.3 is 0 Å². The third-order valence-electron chi connectivity index (χ3n) is 3.03. The van der Waals surface area contributed by atoms with Crippen molar-refractivity contribution in [1.82, 2.24) is 10.2 Å². The third-order valence-corrected chi connectivity index (χ3v) is 4.46. The quantitative estimate of drug-likeness (QED) is 0.752. The molecular weight excluding hydrogens is 192 g/mol. The van der Waals surface area contributed by atoms with Crippen LogP contribution in [0.3, 0.4) is 0 Å². The molecule has 0 bridgehead atoms. The Bertz CT molecular complexity index is 314. The highest BCUT2D eigenvalue weighted by Gasteiger charge is 2.38. The van der Waals surface area contributed by atoms with Gasteiger partial charge in [0, 0.05) is 30.4 Å². The molecule has 2 fully saturated rings. The van der Waals surface area contributed by atoms with E-state index in [0.717, 1.165) is 13.2 Å². The lowest BCUT2D eigenvalue weighted by atomic mass is 10.1. The summed E-state index contributed by atoms with van der Waals surface area (Å²) in [6.45, 7) is 2.22. The van der Waals surface area contributed by atoms with Gasteiger partial charge in [0.25, 0.3) is 0 Å². The molecule has 0 amide bonds. The number of fused-ring (bicyclic) bond motifs is 1. The molecule has 0 spiro atoms. The SMILES string of the molecule is c1ccc(C2SCN3CNCC23)cc1. The lowest BCUT2D eigenvalue weighted by molar-refractivity contribution is 0.320. The predicted octanol–water partition coefficient (Wildman–Crippen LogP) is 1.66. The van der Waals surface area contributed by atoms with E-state index in [-0.39, 0.29) is 0 Å². The molecule has 0 aliphatic carbocycles. The van der Waals surface area contributed by atoms with E-state index in [4.69, 9.17) is 0 Å². The molecule has 2 unspecified atom stereocenters. The van der Waals surface area contributed by atoms with Gasteiger partial charge in [-0.1, -0.05) is 30.3 Å². The van der Waals surface area contributed by atoms with Crippen molar-refractivity contribution in [2.75, 3.05) is 19.1 Å². The minimum Gasteiger partial charge on any atom is -0.303 e. The molecule has 3 rings (SSSR count). The summed E-state index contributed by atoms with van der Waals surface area (Å²) in [5.74, 6) is 1.18. The van der Waals surface area contributed by atoms with Crippen LogP contribution in [0.1, 0.15) is 10.8 Å². The van der Waals surface area contributed by atoms with Crippen LogP contribution in [-0.2, 0) is 0 Å². The van der Waals surface area contributed by atoms with Crippen molar-refractivity contribution in [1.29, 1.82) is 0 Å². The number of hydrogen-bond donors (Lipinski definition) is 1. The zero-order valence-corrected chi connectivity index (χ0v) is 8.83. The largest absolute Gasteiger partial charge is 0.303 e. The molecule has 2 atom stereocenters. The molecule has 1 aromatic rings. The van der Waals surface area contributed by atoms with Crippen molar-refractivity contribution in [2.45, 2.75) is 11.3 Å². The van der Waals surface area contributed by atoms with Crippen molar-refractivity contribution in [3.05, 3.63) is 35.9 Å². The molecule has 0 saturated carbocycles. The molecule has 3 heteroatoms. The molecule has 2 aliphatic heterocycles. The second kappa shape index (κ2) is 3.57. The Balaban J connectivity index is 1.86. The molecule has 1 aromatic carbocycles. The van der Waals surface area contributed by atoms with E-state index in [9.17, 15) is 0 Å². The van der Waals surface area contributed by atoms with Gasteiger partial charge in [0.15, 0.2) is 0 Å². The average Bonchev–Trinajstić information content (AvgIpc) is 2.79. The van der Waals surface area contributed by atoms with E-state index in [1.165, 1.54) is 11.4 Å². The Labute approximate surface area is 88.7 Å². The van der Waals surface area contributed by atoms with Gasteiger partial charge in [-0.3, -0.25) is 4.90 Å². The molecule has 1 N–H and O–H groups in total. The van der Waals surface area contributed by atoms with E-state index in [1.54, 1.807) is 0 Å². The first-order valence-electron chi connectivity index (χ1n) is 5.06. The maximum atomic E-state index is 3.44. The summed E-state index contributed by atoms with van der Waals surface area (Å²) in [7, 11) is 0. The monoisotopic (exact) mass is 206 g/mol. The molecule has 2 saturated heterocycles. The molecule has 2 aliphatic rings. The highest BCUT2D eigenvalue weighted by Crippen LogP contribution is 2.42. The van der Waals surface area contributed by atoms with Gasteiger partial charge < -0.3 is 5.32 Å². The summed E-state index contributed by atoms with van der Waals surface area (Å²) in [6, 6.07) is 11.6. The fourth-order valence-electron chi connectivity index (χ4n) is 2.29. The van der Waals surface area contributed by atoms with Gasteiger partial charge in [-0.15, -0.1) is 11.8 Å². The van der Waals surface area contributed by atoms with Crippen LogP contribution < -0.4 is 5.32 Å². The zero-order chi connectivity index (χ0) is 9.38. The Morgan fingerprint density at radius 3 is 3.00 bits per heavy atom. The molecule has 0 radical (unpaired) electrons. The summed E-state index contributed by atoms with van der Waals surface area (Å²) < 4.78 is 0. The Morgan fingerprint density at radius 2 is 2.14 bits per heavy atom. The summed E-state index contributed by atoms with van der Waals surface area (Å²) >= 11 is 2.07. The van der Waals surface area contributed by atoms with Gasteiger partial charge in [0.2, 0.25) is 0 Å². The number of benzene rings is 1. The smallest absolute Gasteiger partial charge is 0.0492 e. The summed E-state index contributed by atoms with van der Waals surface area (Å²) in [6.07, 6.45) is 0. The molecule has 14 heavy (non-hydrogen) atoms. The van der Waals surface area contributed by atoms with Crippen LogP contribution in [0.15, 0.2) is 30.3 Å². The molecule has 0 aromatic heterocycles. The first-order chi connectivity index (χ1) is 6.95. The van der Waals surface area contributed by atoms with Gasteiger partial charge in [-0.05, 0) is 5.56 Å². The van der Waals surface area contributed by atoms with Crippen molar-refractivity contribution in [3.63, 3.8) is 0 Å². The molecule has 2 nitrogen and oxygen atoms in total.